The Balaban J connectivity index is 1.94. The molecule has 3 aromatic rings. The molecule has 4 rings (SSSR count). The van der Waals surface area contributed by atoms with Gasteiger partial charge < -0.3 is 19.8 Å². The smallest absolute Gasteiger partial charge is 0.163 e. The molecule has 0 saturated carbocycles. The van der Waals surface area contributed by atoms with Crippen LogP contribution in [0.4, 0.5) is 5.69 Å². The largest absolute Gasteiger partial charge is 0.486 e. The summed E-state index contributed by atoms with van der Waals surface area (Å²) in [4.78, 5) is 4.86. The van der Waals surface area contributed by atoms with Crippen molar-refractivity contribution in [1.29, 1.82) is 0 Å². The Kier molecular flexibility index (Phi) is 3.56. The number of rotatable bonds is 3. The maximum Gasteiger partial charge on any atom is 0.163 e. The van der Waals surface area contributed by atoms with E-state index in [1.165, 1.54) is 0 Å². The number of fused-ring (bicyclic) bond motifs is 2. The van der Waals surface area contributed by atoms with Gasteiger partial charge in [-0.3, -0.25) is 0 Å². The summed E-state index contributed by atoms with van der Waals surface area (Å²) in [6.45, 7) is 6.44. The molecule has 124 valence electrons. The quantitative estimate of drug-likeness (QED) is 0.746. The SMILES string of the molecule is CC(C)Cn1c(-c2cccc(N)c2)nc2cc3c(cc21)OCCO3. The third kappa shape index (κ3) is 2.56. The van der Waals surface area contributed by atoms with Gasteiger partial charge in [0.2, 0.25) is 0 Å². The number of hydrogen-bond acceptors (Lipinski definition) is 4. The number of nitrogens with two attached hydrogens (primary N) is 1. The number of nitrogen functional groups attached to an aromatic ring is 1. The van der Waals surface area contributed by atoms with E-state index in [4.69, 9.17) is 20.2 Å². The third-order valence-corrected chi connectivity index (χ3v) is 4.10. The van der Waals surface area contributed by atoms with E-state index in [0.717, 1.165) is 46.2 Å². The van der Waals surface area contributed by atoms with Crippen LogP contribution in [0.1, 0.15) is 13.8 Å². The van der Waals surface area contributed by atoms with Gasteiger partial charge in [-0.1, -0.05) is 26.0 Å². The van der Waals surface area contributed by atoms with E-state index in [9.17, 15) is 0 Å². The van der Waals surface area contributed by atoms with Gasteiger partial charge in [0.25, 0.3) is 0 Å². The van der Waals surface area contributed by atoms with Crippen LogP contribution < -0.4 is 15.2 Å². The highest BCUT2D eigenvalue weighted by molar-refractivity contribution is 5.84. The number of aromatic nitrogens is 2. The van der Waals surface area contributed by atoms with E-state index < -0.39 is 0 Å². The molecule has 1 aliphatic heterocycles. The summed E-state index contributed by atoms with van der Waals surface area (Å²) >= 11 is 0. The van der Waals surface area contributed by atoms with Crippen LogP contribution in [0, 0.1) is 5.92 Å². The molecule has 1 aliphatic rings. The lowest BCUT2D eigenvalue weighted by Gasteiger charge is -2.18. The molecule has 0 amide bonds. The minimum absolute atomic E-state index is 0.496. The molecule has 2 aromatic carbocycles. The topological polar surface area (TPSA) is 62.3 Å². The first-order valence-electron chi connectivity index (χ1n) is 8.27. The van der Waals surface area contributed by atoms with Crippen molar-refractivity contribution >= 4 is 16.7 Å². The number of anilines is 1. The summed E-state index contributed by atoms with van der Waals surface area (Å²) in [7, 11) is 0. The van der Waals surface area contributed by atoms with E-state index in [1.807, 2.05) is 36.4 Å². The second-order valence-electron chi connectivity index (χ2n) is 6.55. The minimum atomic E-state index is 0.496. The summed E-state index contributed by atoms with van der Waals surface area (Å²) in [6.07, 6.45) is 0. The summed E-state index contributed by atoms with van der Waals surface area (Å²) in [5, 5.41) is 0. The number of hydrogen-bond donors (Lipinski definition) is 1. The van der Waals surface area contributed by atoms with Crippen LogP contribution in [0.15, 0.2) is 36.4 Å². The molecular weight excluding hydrogens is 302 g/mol. The predicted octanol–water partition coefficient (Wildman–Crippen LogP) is 3.71. The van der Waals surface area contributed by atoms with Crippen molar-refractivity contribution in [2.24, 2.45) is 5.92 Å². The van der Waals surface area contributed by atoms with Crippen molar-refractivity contribution < 1.29 is 9.47 Å². The Labute approximate surface area is 141 Å². The molecule has 2 heterocycles. The number of imidazole rings is 1. The minimum Gasteiger partial charge on any atom is -0.486 e. The first-order chi connectivity index (χ1) is 11.6. The lowest BCUT2D eigenvalue weighted by Crippen LogP contribution is -2.15. The van der Waals surface area contributed by atoms with Crippen LogP contribution >= 0.6 is 0 Å². The average molecular weight is 323 g/mol. The Bertz CT molecular complexity index is 899. The van der Waals surface area contributed by atoms with Crippen LogP contribution in [-0.4, -0.2) is 22.8 Å². The van der Waals surface area contributed by atoms with E-state index in [0.29, 0.717) is 19.1 Å². The van der Waals surface area contributed by atoms with Gasteiger partial charge in [-0.2, -0.15) is 0 Å². The van der Waals surface area contributed by atoms with Crippen molar-refractivity contribution in [2.45, 2.75) is 20.4 Å². The van der Waals surface area contributed by atoms with Crippen molar-refractivity contribution in [3.8, 4) is 22.9 Å². The number of nitrogens with zero attached hydrogens (tertiary/aromatic N) is 2. The summed E-state index contributed by atoms with van der Waals surface area (Å²) in [6, 6.07) is 11.9. The Morgan fingerprint density at radius 2 is 1.88 bits per heavy atom. The van der Waals surface area contributed by atoms with Gasteiger partial charge in [-0.05, 0) is 18.1 Å². The summed E-state index contributed by atoms with van der Waals surface area (Å²) < 4.78 is 13.7. The molecule has 0 bridgehead atoms. The average Bonchev–Trinajstić information content (AvgIpc) is 2.90. The normalized spacial score (nSPS) is 13.6. The highest BCUT2D eigenvalue weighted by Crippen LogP contribution is 2.36. The number of ether oxygens (including phenoxy) is 2. The van der Waals surface area contributed by atoms with Gasteiger partial charge in [-0.25, -0.2) is 4.98 Å². The maximum atomic E-state index is 5.96. The van der Waals surface area contributed by atoms with Crippen LogP contribution in [0.5, 0.6) is 11.5 Å². The fraction of sp³-hybridized carbons (Fsp3) is 0.316. The molecule has 2 N–H and O–H groups in total. The van der Waals surface area contributed by atoms with Crippen LogP contribution in [0.3, 0.4) is 0 Å². The van der Waals surface area contributed by atoms with Gasteiger partial charge in [0.1, 0.15) is 19.0 Å². The second-order valence-corrected chi connectivity index (χ2v) is 6.55. The van der Waals surface area contributed by atoms with Crippen molar-refractivity contribution in [1.82, 2.24) is 9.55 Å². The van der Waals surface area contributed by atoms with E-state index >= 15 is 0 Å². The highest BCUT2D eigenvalue weighted by atomic mass is 16.6. The van der Waals surface area contributed by atoms with Crippen molar-refractivity contribution in [3.05, 3.63) is 36.4 Å². The summed E-state index contributed by atoms with van der Waals surface area (Å²) in [5.74, 6) is 2.98. The molecule has 0 aliphatic carbocycles. The lowest BCUT2D eigenvalue weighted by atomic mass is 10.1. The molecule has 24 heavy (non-hydrogen) atoms. The van der Waals surface area contributed by atoms with Gasteiger partial charge in [0, 0.05) is 29.9 Å². The molecule has 0 fully saturated rings. The van der Waals surface area contributed by atoms with Gasteiger partial charge in [-0.15, -0.1) is 0 Å². The molecule has 0 radical (unpaired) electrons. The Morgan fingerprint density at radius 1 is 1.12 bits per heavy atom. The second kappa shape index (κ2) is 5.74. The van der Waals surface area contributed by atoms with Crippen LogP contribution in [-0.2, 0) is 6.54 Å². The van der Waals surface area contributed by atoms with Crippen molar-refractivity contribution in [3.63, 3.8) is 0 Å². The maximum absolute atomic E-state index is 5.96. The predicted molar refractivity (Wildman–Crippen MR) is 95.4 cm³/mol. The van der Waals surface area contributed by atoms with Gasteiger partial charge in [0.05, 0.1) is 11.0 Å². The lowest BCUT2D eigenvalue weighted by molar-refractivity contribution is 0.172. The van der Waals surface area contributed by atoms with E-state index in [2.05, 4.69) is 18.4 Å². The molecule has 0 atom stereocenters. The zero-order chi connectivity index (χ0) is 16.7. The first-order valence-corrected chi connectivity index (χ1v) is 8.27. The fourth-order valence-electron chi connectivity index (χ4n) is 3.11. The molecule has 0 spiro atoms. The summed E-state index contributed by atoms with van der Waals surface area (Å²) in [5.41, 5.74) is 9.70. The molecular formula is C19H21N3O2. The van der Waals surface area contributed by atoms with E-state index in [1.54, 1.807) is 0 Å². The first kappa shape index (κ1) is 14.9. The Hall–Kier alpha value is -2.69. The van der Waals surface area contributed by atoms with Crippen molar-refractivity contribution in [2.75, 3.05) is 18.9 Å². The zero-order valence-corrected chi connectivity index (χ0v) is 14.0. The molecule has 5 heteroatoms. The molecule has 0 unspecified atom stereocenters. The number of benzene rings is 2. The van der Waals surface area contributed by atoms with E-state index in [-0.39, 0.29) is 0 Å². The highest BCUT2D eigenvalue weighted by Gasteiger charge is 2.19. The Morgan fingerprint density at radius 3 is 2.58 bits per heavy atom. The fourth-order valence-corrected chi connectivity index (χ4v) is 3.11. The van der Waals surface area contributed by atoms with Gasteiger partial charge in [0.15, 0.2) is 11.5 Å². The standard InChI is InChI=1S/C19H21N3O2/c1-12(2)11-22-16-10-18-17(23-6-7-24-18)9-15(16)21-19(22)13-4-3-5-14(20)8-13/h3-5,8-10,12H,6-7,11,20H2,1-2H3. The third-order valence-electron chi connectivity index (χ3n) is 4.10. The molecule has 1 aromatic heterocycles. The van der Waals surface area contributed by atoms with Gasteiger partial charge >= 0.3 is 0 Å². The van der Waals surface area contributed by atoms with Crippen LogP contribution in [0.25, 0.3) is 22.4 Å². The zero-order valence-electron chi connectivity index (χ0n) is 14.0. The monoisotopic (exact) mass is 323 g/mol. The van der Waals surface area contributed by atoms with Crippen LogP contribution in [0.2, 0.25) is 0 Å². The molecule has 5 nitrogen and oxygen atoms in total. The molecule has 0 saturated heterocycles.